The molecule has 98 valence electrons. The number of hydrogen-bond acceptors (Lipinski definition) is 4. The van der Waals surface area contributed by atoms with E-state index in [4.69, 9.17) is 5.73 Å². The zero-order valence-corrected chi connectivity index (χ0v) is 10.2. The number of benzene rings is 1. The van der Waals surface area contributed by atoms with Crippen LogP contribution in [-0.4, -0.2) is 23.5 Å². The predicted octanol–water partition coefficient (Wildman–Crippen LogP) is 0.829. The van der Waals surface area contributed by atoms with Crippen LogP contribution >= 0.6 is 0 Å². The number of rotatable bonds is 4. The first kappa shape index (κ1) is 13.8. The molecule has 1 aromatic carbocycles. The maximum Gasteiger partial charge on any atom is 0.313 e. The first-order valence-electron chi connectivity index (χ1n) is 5.73. The van der Waals surface area contributed by atoms with Gasteiger partial charge in [0.15, 0.2) is 0 Å². The first-order chi connectivity index (χ1) is 8.56. The summed E-state index contributed by atoms with van der Waals surface area (Å²) in [5.41, 5.74) is 5.83. The average Bonchev–Trinajstić information content (AvgIpc) is 2.34. The van der Waals surface area contributed by atoms with E-state index in [0.29, 0.717) is 6.54 Å². The van der Waals surface area contributed by atoms with Gasteiger partial charge >= 0.3 is 11.8 Å². The lowest BCUT2D eigenvalue weighted by molar-refractivity contribution is -0.136. The van der Waals surface area contributed by atoms with Gasteiger partial charge in [0.1, 0.15) is 11.4 Å². The Bertz CT molecular complexity index is 426. The molecule has 5 N–H and O–H groups in total. The average molecular weight is 251 g/mol. The Morgan fingerprint density at radius 2 is 2.06 bits per heavy atom. The van der Waals surface area contributed by atoms with E-state index in [1.165, 1.54) is 12.1 Å². The fourth-order valence-corrected chi connectivity index (χ4v) is 1.32. The number of hydrogen-bond donors (Lipinski definition) is 4. The summed E-state index contributed by atoms with van der Waals surface area (Å²) in [7, 11) is 0. The van der Waals surface area contributed by atoms with Gasteiger partial charge in [-0.15, -0.1) is 0 Å². The highest BCUT2D eigenvalue weighted by molar-refractivity contribution is 6.40. The summed E-state index contributed by atoms with van der Waals surface area (Å²) in [5.74, 6) is -1.77. The van der Waals surface area contributed by atoms with E-state index in [2.05, 4.69) is 10.6 Å². The molecule has 1 aromatic rings. The Balaban J connectivity index is 2.61. The van der Waals surface area contributed by atoms with Crippen molar-refractivity contribution in [2.24, 2.45) is 0 Å². The molecule has 0 spiro atoms. The highest BCUT2D eigenvalue weighted by Gasteiger charge is 2.16. The number of amides is 2. The van der Waals surface area contributed by atoms with Crippen molar-refractivity contribution in [1.29, 1.82) is 0 Å². The molecule has 0 unspecified atom stereocenters. The normalized spacial score (nSPS) is 9.83. The minimum atomic E-state index is -0.848. The van der Waals surface area contributed by atoms with Crippen molar-refractivity contribution >= 4 is 23.2 Å². The van der Waals surface area contributed by atoms with E-state index >= 15 is 0 Å². The number of phenols is 1. The van der Waals surface area contributed by atoms with E-state index in [0.717, 1.165) is 12.8 Å². The standard InChI is InChI=1S/C12H17N3O3/c1-2-3-7-14-11(17)12(18)15-10-8(13)5-4-6-9(10)16/h4-6,16H,2-3,7,13H2,1H3,(H,14,17)(H,15,18). The second-order valence-corrected chi connectivity index (χ2v) is 3.80. The van der Waals surface area contributed by atoms with Crippen LogP contribution in [0.15, 0.2) is 18.2 Å². The number of nitrogens with two attached hydrogens (primary N) is 1. The van der Waals surface area contributed by atoms with E-state index in [1.807, 2.05) is 6.92 Å². The third-order valence-electron chi connectivity index (χ3n) is 2.34. The molecule has 0 aliphatic carbocycles. The highest BCUT2D eigenvalue weighted by Crippen LogP contribution is 2.28. The summed E-state index contributed by atoms with van der Waals surface area (Å²) < 4.78 is 0. The lowest BCUT2D eigenvalue weighted by Gasteiger charge is -2.09. The second kappa shape index (κ2) is 6.48. The molecular formula is C12H17N3O3. The monoisotopic (exact) mass is 251 g/mol. The molecule has 0 aliphatic heterocycles. The van der Waals surface area contributed by atoms with Crippen LogP contribution in [0.5, 0.6) is 5.75 Å². The Labute approximate surface area is 105 Å². The van der Waals surface area contributed by atoms with Gasteiger partial charge in [0.25, 0.3) is 0 Å². The van der Waals surface area contributed by atoms with Crippen LogP contribution in [0.2, 0.25) is 0 Å². The van der Waals surface area contributed by atoms with Crippen LogP contribution in [0.25, 0.3) is 0 Å². The number of nitrogens with one attached hydrogen (secondary N) is 2. The molecule has 0 fully saturated rings. The highest BCUT2D eigenvalue weighted by atomic mass is 16.3. The Hall–Kier alpha value is -2.24. The molecule has 0 heterocycles. The summed E-state index contributed by atoms with van der Waals surface area (Å²) in [6.45, 7) is 2.42. The number of unbranched alkanes of at least 4 members (excludes halogenated alkanes) is 1. The molecule has 0 saturated carbocycles. The van der Waals surface area contributed by atoms with Crippen LogP contribution in [0.3, 0.4) is 0 Å². The number of anilines is 2. The largest absolute Gasteiger partial charge is 0.506 e. The molecule has 6 heteroatoms. The van der Waals surface area contributed by atoms with Crippen molar-refractivity contribution in [2.45, 2.75) is 19.8 Å². The molecule has 1 rings (SSSR count). The van der Waals surface area contributed by atoms with Crippen molar-refractivity contribution in [2.75, 3.05) is 17.6 Å². The van der Waals surface area contributed by atoms with Gasteiger partial charge in [-0.25, -0.2) is 0 Å². The molecule has 0 bridgehead atoms. The topological polar surface area (TPSA) is 104 Å². The van der Waals surface area contributed by atoms with Gasteiger partial charge in [0.05, 0.1) is 5.69 Å². The molecule has 18 heavy (non-hydrogen) atoms. The summed E-state index contributed by atoms with van der Waals surface area (Å²) >= 11 is 0. The summed E-state index contributed by atoms with van der Waals surface area (Å²) in [6.07, 6.45) is 1.73. The molecule has 6 nitrogen and oxygen atoms in total. The number of para-hydroxylation sites is 1. The number of aromatic hydroxyl groups is 1. The van der Waals surface area contributed by atoms with Crippen LogP contribution in [0.4, 0.5) is 11.4 Å². The van der Waals surface area contributed by atoms with Crippen molar-refractivity contribution in [3.8, 4) is 5.75 Å². The lowest BCUT2D eigenvalue weighted by Crippen LogP contribution is -2.36. The Morgan fingerprint density at radius 3 is 2.67 bits per heavy atom. The van der Waals surface area contributed by atoms with Gasteiger partial charge in [-0.1, -0.05) is 19.4 Å². The SMILES string of the molecule is CCCCNC(=O)C(=O)Nc1c(N)cccc1O. The zero-order valence-electron chi connectivity index (χ0n) is 10.2. The number of carbonyl (C=O) groups excluding carboxylic acids is 2. The van der Waals surface area contributed by atoms with Gasteiger partial charge in [0.2, 0.25) is 0 Å². The smallest absolute Gasteiger partial charge is 0.313 e. The minimum absolute atomic E-state index is 0.0492. The van der Waals surface area contributed by atoms with E-state index in [-0.39, 0.29) is 17.1 Å². The maximum absolute atomic E-state index is 11.5. The molecule has 0 aromatic heterocycles. The number of nitrogen functional groups attached to an aromatic ring is 1. The Morgan fingerprint density at radius 1 is 1.33 bits per heavy atom. The fraction of sp³-hybridized carbons (Fsp3) is 0.333. The van der Waals surface area contributed by atoms with Crippen molar-refractivity contribution in [1.82, 2.24) is 5.32 Å². The van der Waals surface area contributed by atoms with Crippen LogP contribution < -0.4 is 16.4 Å². The van der Waals surface area contributed by atoms with E-state index in [1.54, 1.807) is 6.07 Å². The van der Waals surface area contributed by atoms with Crippen LogP contribution in [0.1, 0.15) is 19.8 Å². The van der Waals surface area contributed by atoms with Gasteiger partial charge in [-0.05, 0) is 18.6 Å². The Kier molecular flexibility index (Phi) is 4.98. The minimum Gasteiger partial charge on any atom is -0.506 e. The first-order valence-corrected chi connectivity index (χ1v) is 5.73. The molecule has 2 amide bonds. The van der Waals surface area contributed by atoms with E-state index in [9.17, 15) is 14.7 Å². The zero-order chi connectivity index (χ0) is 13.5. The van der Waals surface area contributed by atoms with Crippen molar-refractivity contribution in [3.05, 3.63) is 18.2 Å². The van der Waals surface area contributed by atoms with Crippen molar-refractivity contribution < 1.29 is 14.7 Å². The summed E-state index contributed by atoms with van der Waals surface area (Å²) in [6, 6.07) is 4.44. The molecular weight excluding hydrogens is 234 g/mol. The maximum atomic E-state index is 11.5. The van der Waals surface area contributed by atoms with Gasteiger partial charge in [0, 0.05) is 6.54 Å². The predicted molar refractivity (Wildman–Crippen MR) is 69.1 cm³/mol. The quantitative estimate of drug-likeness (QED) is 0.275. The lowest BCUT2D eigenvalue weighted by atomic mass is 10.2. The summed E-state index contributed by atoms with van der Waals surface area (Å²) in [5, 5.41) is 14.3. The van der Waals surface area contributed by atoms with E-state index < -0.39 is 11.8 Å². The van der Waals surface area contributed by atoms with Crippen LogP contribution in [0, 0.1) is 0 Å². The van der Waals surface area contributed by atoms with Crippen LogP contribution in [-0.2, 0) is 9.59 Å². The van der Waals surface area contributed by atoms with Gasteiger partial charge in [-0.2, -0.15) is 0 Å². The number of carbonyl (C=O) groups is 2. The van der Waals surface area contributed by atoms with Gasteiger partial charge in [-0.3, -0.25) is 9.59 Å². The number of phenolic OH excluding ortho intramolecular Hbond substituents is 1. The summed E-state index contributed by atoms with van der Waals surface area (Å²) in [4.78, 5) is 22.9. The van der Waals surface area contributed by atoms with Gasteiger partial charge < -0.3 is 21.5 Å². The third-order valence-corrected chi connectivity index (χ3v) is 2.34. The third kappa shape index (κ3) is 3.65. The molecule has 0 radical (unpaired) electrons. The fourth-order valence-electron chi connectivity index (χ4n) is 1.32. The molecule has 0 aliphatic rings. The molecule has 0 saturated heterocycles. The second-order valence-electron chi connectivity index (χ2n) is 3.80. The van der Waals surface area contributed by atoms with Crippen molar-refractivity contribution in [3.63, 3.8) is 0 Å². The molecule has 0 atom stereocenters.